The molecule has 1 saturated heterocycles. The molecule has 2 aliphatic rings. The number of likely N-dealkylation sites (tertiary alicyclic amines) is 1. The van der Waals surface area contributed by atoms with Crippen LogP contribution in [-0.2, 0) is 38.5 Å². The molecular formula is C23H31F3NO6RuS. The van der Waals surface area contributed by atoms with Crippen LogP contribution < -0.4 is 4.74 Å². The van der Waals surface area contributed by atoms with Crippen LogP contribution in [0.3, 0.4) is 0 Å². The maximum absolute atomic E-state index is 13.2. The SMILES string of the molecule is Cc1[c-]c2c(c(C)c1C)OC1(CCN(C(=O)OC(C)(C)C)CC1)C(C)C2OS(=O)(=O)C(F)(F)F.[Ru+]. The molecule has 12 heteroatoms. The van der Waals surface area contributed by atoms with Crippen molar-refractivity contribution in [3.8, 4) is 5.75 Å². The van der Waals surface area contributed by atoms with Crippen LogP contribution >= 0.6 is 0 Å². The number of amides is 1. The van der Waals surface area contributed by atoms with Crippen LogP contribution in [0.15, 0.2) is 0 Å². The standard InChI is InChI=1S/C23H31F3NO6S.Ru/c1-13-12-17-18(15(3)14(13)2)31-22(16(4)19(17)33-34(29,30)23(24,25)26)8-10-27(11-9-22)20(28)32-21(5,6)7;/h16,19H,8-11H2,1-7H3;/q-1;+1. The molecular weight excluding hydrogens is 576 g/mol. The molecule has 1 aromatic rings. The van der Waals surface area contributed by atoms with E-state index in [0.717, 1.165) is 5.56 Å². The number of carbonyl (C=O) groups excluding carboxylic acids is 1. The zero-order valence-electron chi connectivity index (χ0n) is 20.8. The molecule has 2 aliphatic heterocycles. The van der Waals surface area contributed by atoms with Gasteiger partial charge in [0, 0.05) is 37.6 Å². The van der Waals surface area contributed by atoms with Crippen molar-refractivity contribution in [3.63, 3.8) is 0 Å². The average molecular weight is 608 g/mol. The van der Waals surface area contributed by atoms with Gasteiger partial charge in [0.15, 0.2) is 0 Å². The number of rotatable bonds is 2. The van der Waals surface area contributed by atoms with Crippen LogP contribution in [0, 0.1) is 32.8 Å². The van der Waals surface area contributed by atoms with Crippen LogP contribution in [0.2, 0.25) is 0 Å². The van der Waals surface area contributed by atoms with Crippen LogP contribution in [0.4, 0.5) is 18.0 Å². The van der Waals surface area contributed by atoms with Gasteiger partial charge in [0.25, 0.3) is 0 Å². The van der Waals surface area contributed by atoms with E-state index < -0.39 is 44.9 Å². The normalized spacial score (nSPS) is 22.2. The van der Waals surface area contributed by atoms with Crippen molar-refractivity contribution >= 4 is 16.2 Å². The predicted molar refractivity (Wildman–Crippen MR) is 118 cm³/mol. The Morgan fingerprint density at radius 1 is 1.11 bits per heavy atom. The van der Waals surface area contributed by atoms with Crippen LogP contribution in [-0.4, -0.2) is 49.2 Å². The fraction of sp³-hybridized carbons (Fsp3) is 0.696. The summed E-state index contributed by atoms with van der Waals surface area (Å²) in [6, 6.07) is 3.00. The number of hydrogen-bond acceptors (Lipinski definition) is 6. The van der Waals surface area contributed by atoms with Gasteiger partial charge >= 0.3 is 41.2 Å². The molecule has 3 rings (SSSR count). The first-order chi connectivity index (χ1) is 15.4. The molecule has 1 amide bonds. The molecule has 1 spiro atoms. The van der Waals surface area contributed by atoms with E-state index in [1.54, 1.807) is 41.5 Å². The Morgan fingerprint density at radius 3 is 2.14 bits per heavy atom. The molecule has 2 heterocycles. The largest absolute Gasteiger partial charge is 1.00 e. The molecule has 0 N–H and O–H groups in total. The summed E-state index contributed by atoms with van der Waals surface area (Å²) in [6.07, 6.45) is -1.40. The Bertz CT molecular complexity index is 1080. The van der Waals surface area contributed by atoms with Crippen molar-refractivity contribution in [2.24, 2.45) is 5.92 Å². The first kappa shape index (κ1) is 29.8. The number of fused-ring (bicyclic) bond motifs is 1. The molecule has 2 atom stereocenters. The Labute approximate surface area is 217 Å². The second-order valence-electron chi connectivity index (χ2n) is 10.1. The van der Waals surface area contributed by atoms with Gasteiger partial charge in [0.2, 0.25) is 0 Å². The van der Waals surface area contributed by atoms with Crippen molar-refractivity contribution < 1.29 is 59.5 Å². The maximum atomic E-state index is 13.2. The summed E-state index contributed by atoms with van der Waals surface area (Å²) < 4.78 is 80.3. The van der Waals surface area contributed by atoms with Gasteiger partial charge in [-0.05, 0) is 20.8 Å². The number of nitrogens with zero attached hydrogens (tertiary/aromatic N) is 1. The van der Waals surface area contributed by atoms with Crippen molar-refractivity contribution in [2.75, 3.05) is 13.1 Å². The molecule has 1 fully saturated rings. The number of halogens is 3. The van der Waals surface area contributed by atoms with Crippen molar-refractivity contribution in [1.29, 1.82) is 0 Å². The minimum atomic E-state index is -5.87. The van der Waals surface area contributed by atoms with Crippen molar-refractivity contribution in [3.05, 3.63) is 28.3 Å². The second kappa shape index (κ2) is 9.82. The number of carbonyl (C=O) groups is 1. The van der Waals surface area contributed by atoms with Gasteiger partial charge in [-0.25, -0.2) is 4.79 Å². The number of benzene rings is 1. The third kappa shape index (κ3) is 5.80. The summed E-state index contributed by atoms with van der Waals surface area (Å²) >= 11 is 0. The Hall–Kier alpha value is -1.39. The molecule has 1 aromatic carbocycles. The van der Waals surface area contributed by atoms with Crippen molar-refractivity contribution in [1.82, 2.24) is 4.90 Å². The Kier molecular flexibility index (Phi) is 8.37. The fourth-order valence-electron chi connectivity index (χ4n) is 4.43. The summed E-state index contributed by atoms with van der Waals surface area (Å²) in [5.41, 5.74) is -4.92. The van der Waals surface area contributed by atoms with E-state index in [-0.39, 0.29) is 56.7 Å². The number of ether oxygens (including phenoxy) is 2. The van der Waals surface area contributed by atoms with Gasteiger partial charge in [-0.3, -0.25) is 4.18 Å². The molecule has 199 valence electrons. The zero-order valence-corrected chi connectivity index (χ0v) is 23.3. The summed E-state index contributed by atoms with van der Waals surface area (Å²) in [4.78, 5) is 14.0. The minimum absolute atomic E-state index is 0. The third-order valence-electron chi connectivity index (χ3n) is 6.68. The van der Waals surface area contributed by atoms with E-state index in [4.69, 9.17) is 13.7 Å². The molecule has 0 aliphatic carbocycles. The second-order valence-corrected chi connectivity index (χ2v) is 11.6. The number of hydrogen-bond donors (Lipinski definition) is 0. The summed E-state index contributed by atoms with van der Waals surface area (Å²) in [7, 11) is -5.87. The molecule has 2 unspecified atom stereocenters. The summed E-state index contributed by atoms with van der Waals surface area (Å²) in [5.74, 6) is -0.482. The maximum Gasteiger partial charge on any atom is 1.00 e. The first-order valence-corrected chi connectivity index (χ1v) is 12.5. The van der Waals surface area contributed by atoms with Crippen LogP contribution in [0.5, 0.6) is 5.75 Å². The average Bonchev–Trinajstić information content (AvgIpc) is 2.69. The Morgan fingerprint density at radius 2 is 1.66 bits per heavy atom. The Balaban J connectivity index is 0.00000432. The molecule has 0 saturated carbocycles. The van der Waals surface area contributed by atoms with E-state index in [1.165, 1.54) is 4.90 Å². The smallest absolute Gasteiger partial charge is 0.545 e. The van der Waals surface area contributed by atoms with Gasteiger partial charge in [-0.2, -0.15) is 33.2 Å². The molecule has 35 heavy (non-hydrogen) atoms. The fourth-order valence-corrected chi connectivity index (χ4v) is 5.08. The van der Waals surface area contributed by atoms with E-state index in [1.807, 2.05) is 6.92 Å². The van der Waals surface area contributed by atoms with Crippen LogP contribution in [0.1, 0.15) is 68.9 Å². The molecule has 1 radical (unpaired) electrons. The van der Waals surface area contributed by atoms with Crippen LogP contribution in [0.25, 0.3) is 0 Å². The molecule has 0 bridgehead atoms. The predicted octanol–water partition coefficient (Wildman–Crippen LogP) is 5.12. The topological polar surface area (TPSA) is 82.1 Å². The van der Waals surface area contributed by atoms with Gasteiger partial charge in [-0.15, -0.1) is 11.1 Å². The quantitative estimate of drug-likeness (QED) is 0.201. The minimum Gasteiger partial charge on any atom is -0.545 e. The summed E-state index contributed by atoms with van der Waals surface area (Å²) in [5, 5.41) is 0. The van der Waals surface area contributed by atoms with Gasteiger partial charge < -0.3 is 14.4 Å². The van der Waals surface area contributed by atoms with E-state index in [9.17, 15) is 26.4 Å². The third-order valence-corrected chi connectivity index (χ3v) is 7.71. The molecule has 7 nitrogen and oxygen atoms in total. The summed E-state index contributed by atoms with van der Waals surface area (Å²) in [6.45, 7) is 12.7. The van der Waals surface area contributed by atoms with E-state index in [0.29, 0.717) is 11.1 Å². The first-order valence-electron chi connectivity index (χ1n) is 11.1. The number of alkyl halides is 3. The van der Waals surface area contributed by atoms with E-state index >= 15 is 0 Å². The van der Waals surface area contributed by atoms with Gasteiger partial charge in [0.1, 0.15) is 11.2 Å². The zero-order chi connectivity index (χ0) is 25.9. The van der Waals surface area contributed by atoms with E-state index in [2.05, 4.69) is 6.07 Å². The van der Waals surface area contributed by atoms with Crippen molar-refractivity contribution in [2.45, 2.75) is 84.1 Å². The molecule has 0 aromatic heterocycles. The van der Waals surface area contributed by atoms with Gasteiger partial charge in [-0.1, -0.05) is 33.3 Å². The van der Waals surface area contributed by atoms with Gasteiger partial charge in [0.05, 0.1) is 6.10 Å². The number of piperidine rings is 1. The monoisotopic (exact) mass is 608 g/mol. The number of aryl methyl sites for hydroxylation is 1.